The number of aromatic nitrogens is 5. The maximum absolute atomic E-state index is 15.7. The second kappa shape index (κ2) is 17.0. The Hall–Kier alpha value is -6.53. The molecule has 0 aliphatic carbocycles. The van der Waals surface area contributed by atoms with Crippen LogP contribution < -0.4 is 20.3 Å². The van der Waals surface area contributed by atoms with Gasteiger partial charge in [-0.2, -0.15) is 5.10 Å². The van der Waals surface area contributed by atoms with E-state index in [1.165, 1.54) is 11.6 Å². The maximum Gasteiger partial charge on any atom is 0.262 e. The Morgan fingerprint density at radius 3 is 2.42 bits per heavy atom. The fourth-order valence-electron chi connectivity index (χ4n) is 11.2. The summed E-state index contributed by atoms with van der Waals surface area (Å²) in [5, 5.41) is 9.76. The minimum atomic E-state index is -1.10. The largest absolute Gasteiger partial charge is 0.477 e. The van der Waals surface area contributed by atoms with Crippen LogP contribution in [0.4, 0.5) is 16.0 Å². The minimum Gasteiger partial charge on any atom is -0.477 e. The maximum atomic E-state index is 15.7. The van der Waals surface area contributed by atoms with Crippen molar-refractivity contribution in [1.82, 2.24) is 44.3 Å². The van der Waals surface area contributed by atoms with Crippen LogP contribution >= 0.6 is 0 Å². The average molecular weight is 912 g/mol. The molecule has 10 heterocycles. The Morgan fingerprint density at radius 2 is 1.64 bits per heavy atom. The summed E-state index contributed by atoms with van der Waals surface area (Å²) < 4.78 is 25.8. The van der Waals surface area contributed by atoms with Crippen molar-refractivity contribution in [3.8, 4) is 17.1 Å². The molecule has 7 aliphatic rings. The monoisotopic (exact) mass is 911 g/mol. The molecule has 3 aromatic heterocycles. The summed E-state index contributed by atoms with van der Waals surface area (Å²) in [4.78, 5) is 82.5. The number of aryl methyl sites for hydroxylation is 2. The number of rotatable bonds is 6. The molecule has 2 aromatic carbocycles. The van der Waals surface area contributed by atoms with Gasteiger partial charge in [-0.3, -0.25) is 54.3 Å². The summed E-state index contributed by atoms with van der Waals surface area (Å²) in [7, 11) is 1.85. The summed E-state index contributed by atoms with van der Waals surface area (Å²) in [5.74, 6) is -1.32. The second-order valence-electron chi connectivity index (χ2n) is 19.4. The molecular weight excluding hydrogens is 858 g/mol. The van der Waals surface area contributed by atoms with Gasteiger partial charge in [0.15, 0.2) is 0 Å². The van der Waals surface area contributed by atoms with Gasteiger partial charge in [0.25, 0.3) is 17.7 Å². The molecule has 7 aliphatic heterocycles. The number of halogens is 1. The number of imide groups is 2. The molecule has 5 amide bonds. The van der Waals surface area contributed by atoms with E-state index in [9.17, 15) is 24.0 Å². The van der Waals surface area contributed by atoms with E-state index in [0.717, 1.165) is 85.8 Å². The third kappa shape index (κ3) is 7.92. The van der Waals surface area contributed by atoms with Crippen LogP contribution in [0, 0.1) is 24.6 Å². The second-order valence-corrected chi connectivity index (χ2v) is 19.4. The number of ether oxygens (including phenoxy) is 1. The number of piperidine rings is 3. The van der Waals surface area contributed by atoms with E-state index in [1.54, 1.807) is 23.0 Å². The van der Waals surface area contributed by atoms with E-state index in [-0.39, 0.29) is 47.9 Å². The molecule has 18 heteroatoms. The van der Waals surface area contributed by atoms with Gasteiger partial charge in [-0.25, -0.2) is 14.1 Å². The number of pyridine rings is 1. The molecule has 17 nitrogen and oxygen atoms in total. The van der Waals surface area contributed by atoms with Crippen molar-refractivity contribution in [2.45, 2.75) is 90.0 Å². The van der Waals surface area contributed by atoms with Crippen LogP contribution in [0.1, 0.15) is 94.2 Å². The Bertz CT molecular complexity index is 2860. The third-order valence-corrected chi connectivity index (χ3v) is 14.8. The first-order valence-corrected chi connectivity index (χ1v) is 23.6. The number of hydrogen-bond donors (Lipinski definition) is 2. The number of hydrogen-bond acceptors (Lipinski definition) is 12. The zero-order valence-corrected chi connectivity index (χ0v) is 38.0. The third-order valence-electron chi connectivity index (χ3n) is 14.8. The number of fused-ring (bicyclic) bond motifs is 10. The molecule has 67 heavy (non-hydrogen) atoms. The fraction of sp³-hybridized carbons (Fsp3) is 0.469. The molecule has 5 aromatic rings. The summed E-state index contributed by atoms with van der Waals surface area (Å²) in [5.41, 5.74) is 5.93. The number of benzene rings is 2. The van der Waals surface area contributed by atoms with Crippen LogP contribution in [0.3, 0.4) is 0 Å². The first-order chi connectivity index (χ1) is 32.3. The molecular formula is C49H54FN11O6. The standard InChI is InChI=1S/C49H54FN11O6/c1-27-5-4-14-67-48-36(21-51-56(48)3)39-17-31(15-28(2)52-39)44(63)55-49-53-38-7-6-30(16-42(38)60(49)22-27)23-57-12-10-29(11-13-57)24-59-32-18-33(59)26-58(25-32)41-20-35-34(19-37(41)50)46(65)61(47(35)66)40-8-9-43(62)54-45(40)64/h6-7,15-17,19-21,27,29,32-33,40H,4-5,8-14,18,22-26H2,1-3H3,(H,53,55,63)(H,54,62,64)/t27-,32?,33?,40?/m1/s1. The molecule has 5 fully saturated rings. The number of nitrogens with one attached hydrogen (secondary N) is 2. The van der Waals surface area contributed by atoms with E-state index in [1.807, 2.05) is 18.9 Å². The van der Waals surface area contributed by atoms with Crippen molar-refractivity contribution in [2.24, 2.45) is 18.9 Å². The van der Waals surface area contributed by atoms with Crippen LogP contribution in [0.25, 0.3) is 22.3 Å². The van der Waals surface area contributed by atoms with E-state index < -0.39 is 35.5 Å². The zero-order chi connectivity index (χ0) is 46.2. The van der Waals surface area contributed by atoms with Crippen molar-refractivity contribution in [3.63, 3.8) is 0 Å². The molecule has 4 bridgehead atoms. The highest BCUT2D eigenvalue weighted by Gasteiger charge is 2.48. The van der Waals surface area contributed by atoms with Gasteiger partial charge >= 0.3 is 0 Å². The lowest BCUT2D eigenvalue weighted by Gasteiger charge is -2.58. The molecule has 0 radical (unpaired) electrons. The predicted octanol–water partition coefficient (Wildman–Crippen LogP) is 4.92. The highest BCUT2D eigenvalue weighted by atomic mass is 19.1. The van der Waals surface area contributed by atoms with Gasteiger partial charge in [-0.15, -0.1) is 0 Å². The highest BCUT2D eigenvalue weighted by molar-refractivity contribution is 6.23. The summed E-state index contributed by atoms with van der Waals surface area (Å²) in [6.07, 6.45) is 6.76. The average Bonchev–Trinajstić information content (AvgIpc) is 3.92. The van der Waals surface area contributed by atoms with Gasteiger partial charge in [0.2, 0.25) is 23.6 Å². The molecule has 12 rings (SSSR count). The van der Waals surface area contributed by atoms with E-state index in [4.69, 9.17) is 14.7 Å². The van der Waals surface area contributed by atoms with Crippen LogP contribution in [-0.2, 0) is 29.7 Å². The molecule has 0 spiro atoms. The van der Waals surface area contributed by atoms with Crippen molar-refractivity contribution < 1.29 is 33.1 Å². The van der Waals surface area contributed by atoms with E-state index in [2.05, 4.69) is 55.2 Å². The van der Waals surface area contributed by atoms with Crippen molar-refractivity contribution in [3.05, 3.63) is 82.4 Å². The SMILES string of the molecule is Cc1cc2cc(n1)-c1cnn(C)c1OCCC[C@@H](C)Cn1c(nc3ccc(CN4CCC(CN5C6CC5CN(c5cc7c(cc5F)C(=O)N(C5CCC(=O)NC5=O)C7=O)C6)CC4)cc31)NC2=O. The molecule has 5 saturated heterocycles. The van der Waals surface area contributed by atoms with Gasteiger partial charge in [-0.1, -0.05) is 13.0 Å². The number of piperazine rings is 1. The minimum absolute atomic E-state index is 0.0210. The number of amides is 5. The lowest BCUT2D eigenvalue weighted by atomic mass is 9.84. The lowest BCUT2D eigenvalue weighted by molar-refractivity contribution is -0.136. The molecule has 0 saturated carbocycles. The number of likely N-dealkylation sites (tertiary alicyclic amines) is 1. The smallest absolute Gasteiger partial charge is 0.262 e. The Labute approximate surface area is 386 Å². The predicted molar refractivity (Wildman–Crippen MR) is 245 cm³/mol. The van der Waals surface area contributed by atoms with Gasteiger partial charge in [0.1, 0.15) is 11.9 Å². The van der Waals surface area contributed by atoms with Gasteiger partial charge in [0.05, 0.1) is 51.9 Å². The molecule has 348 valence electrons. The lowest BCUT2D eigenvalue weighted by Crippen LogP contribution is -2.69. The fourth-order valence-corrected chi connectivity index (χ4v) is 11.2. The Kier molecular flexibility index (Phi) is 10.9. The summed E-state index contributed by atoms with van der Waals surface area (Å²) in [6, 6.07) is 12.0. The van der Waals surface area contributed by atoms with Crippen molar-refractivity contribution in [2.75, 3.05) is 49.5 Å². The van der Waals surface area contributed by atoms with E-state index >= 15 is 4.39 Å². The van der Waals surface area contributed by atoms with Gasteiger partial charge < -0.3 is 14.2 Å². The Morgan fingerprint density at radius 1 is 0.866 bits per heavy atom. The van der Waals surface area contributed by atoms with Crippen LogP contribution in [0.5, 0.6) is 5.88 Å². The normalized spacial score (nSPS) is 24.0. The number of imidazole rings is 1. The van der Waals surface area contributed by atoms with Crippen molar-refractivity contribution in [1.29, 1.82) is 0 Å². The van der Waals surface area contributed by atoms with Crippen LogP contribution in [0.15, 0.2) is 48.7 Å². The summed E-state index contributed by atoms with van der Waals surface area (Å²) >= 11 is 0. The number of carbonyl (C=O) groups is 5. The molecule has 4 atom stereocenters. The highest BCUT2D eigenvalue weighted by Crippen LogP contribution is 2.40. The number of carbonyl (C=O) groups excluding carboxylic acids is 5. The quantitative estimate of drug-likeness (QED) is 0.220. The zero-order valence-electron chi connectivity index (χ0n) is 38.0. The van der Waals surface area contributed by atoms with E-state index in [0.29, 0.717) is 66.6 Å². The first-order valence-electron chi connectivity index (χ1n) is 23.6. The van der Waals surface area contributed by atoms with Gasteiger partial charge in [-0.05, 0) is 112 Å². The van der Waals surface area contributed by atoms with Crippen LogP contribution in [0.2, 0.25) is 0 Å². The number of anilines is 2. The topological polar surface area (TPSA) is 180 Å². The summed E-state index contributed by atoms with van der Waals surface area (Å²) in [6.45, 7) is 10.3. The molecule has 2 N–H and O–H groups in total. The first kappa shape index (κ1) is 43.1. The molecule has 3 unspecified atom stereocenters. The van der Waals surface area contributed by atoms with Gasteiger partial charge in [0, 0.05) is 69.5 Å². The Balaban J connectivity index is 0.724. The number of nitrogens with zero attached hydrogens (tertiary/aromatic N) is 9. The van der Waals surface area contributed by atoms with Crippen molar-refractivity contribution >= 4 is 52.2 Å². The van der Waals surface area contributed by atoms with Crippen LogP contribution in [-0.4, -0.2) is 126 Å².